The number of aliphatic hydroxyl groups is 1. The number of Topliss-reactive ketones (excluding diaryl/α,β-unsaturated/α-hetero) is 1. The number of hydrogen-bond acceptors (Lipinski definition) is 3. The van der Waals surface area contributed by atoms with Crippen LogP contribution in [-0.4, -0.2) is 23.0 Å². The van der Waals surface area contributed by atoms with Crippen molar-refractivity contribution in [3.05, 3.63) is 64.7 Å². The molecule has 2 aromatic carbocycles. The van der Waals surface area contributed by atoms with Crippen molar-refractivity contribution < 1.29 is 14.7 Å². The number of aliphatic hydroxyl groups excluding tert-OH is 1. The fourth-order valence-electron chi connectivity index (χ4n) is 2.19. The molecular weight excluding hydrogens is 328 g/mol. The summed E-state index contributed by atoms with van der Waals surface area (Å²) in [6.45, 7) is 3.19. The van der Waals surface area contributed by atoms with E-state index >= 15 is 0 Å². The smallest absolute Gasteiger partial charge is 0.319 e. The number of benzene rings is 2. The molecule has 126 valence electrons. The zero-order valence-corrected chi connectivity index (χ0v) is 14.2. The Morgan fingerprint density at radius 2 is 1.62 bits per heavy atom. The van der Waals surface area contributed by atoms with Crippen LogP contribution in [0, 0.1) is 0 Å². The van der Waals surface area contributed by atoms with Gasteiger partial charge in [-0.15, -0.1) is 0 Å². The Bertz CT molecular complexity index is 714. The van der Waals surface area contributed by atoms with Crippen LogP contribution < -0.4 is 10.6 Å². The summed E-state index contributed by atoms with van der Waals surface area (Å²) in [6, 6.07) is 12.4. The van der Waals surface area contributed by atoms with Gasteiger partial charge in [0, 0.05) is 16.3 Å². The molecule has 0 aliphatic heterocycles. The molecular formula is C18H19ClN2O3. The standard InChI is InChI=1S/C18H19ClN2O3/c1-11(17(23)14-3-7-15(19)8-4-14)20-18(24)21-16-9-5-13(6-10-16)12(2)22/h3-11,17,23H,1-2H3,(H2,20,21,24). The van der Waals surface area contributed by atoms with Gasteiger partial charge in [0.2, 0.25) is 0 Å². The molecule has 0 saturated heterocycles. The molecule has 6 heteroatoms. The van der Waals surface area contributed by atoms with E-state index in [2.05, 4.69) is 10.6 Å². The number of anilines is 1. The number of halogens is 1. The third-order valence-electron chi connectivity index (χ3n) is 3.59. The lowest BCUT2D eigenvalue weighted by Crippen LogP contribution is -2.39. The first-order valence-electron chi connectivity index (χ1n) is 7.49. The van der Waals surface area contributed by atoms with Crippen molar-refractivity contribution in [2.45, 2.75) is 26.0 Å². The summed E-state index contributed by atoms with van der Waals surface area (Å²) >= 11 is 5.82. The van der Waals surface area contributed by atoms with Crippen molar-refractivity contribution >= 4 is 29.1 Å². The molecule has 2 amide bonds. The second-order valence-corrected chi connectivity index (χ2v) is 5.95. The fourth-order valence-corrected chi connectivity index (χ4v) is 2.32. The Kier molecular flexibility index (Phi) is 5.95. The van der Waals surface area contributed by atoms with Crippen LogP contribution in [0.3, 0.4) is 0 Å². The average Bonchev–Trinajstić information content (AvgIpc) is 2.55. The van der Waals surface area contributed by atoms with Crippen LogP contribution in [0.5, 0.6) is 0 Å². The van der Waals surface area contributed by atoms with Gasteiger partial charge < -0.3 is 15.7 Å². The van der Waals surface area contributed by atoms with E-state index in [1.807, 2.05) is 0 Å². The molecule has 0 fully saturated rings. The minimum atomic E-state index is -0.854. The molecule has 2 unspecified atom stereocenters. The lowest BCUT2D eigenvalue weighted by Gasteiger charge is -2.21. The van der Waals surface area contributed by atoms with Crippen molar-refractivity contribution in [3.8, 4) is 0 Å². The van der Waals surface area contributed by atoms with Crippen molar-refractivity contribution in [2.24, 2.45) is 0 Å². The van der Waals surface area contributed by atoms with E-state index in [4.69, 9.17) is 11.6 Å². The molecule has 5 nitrogen and oxygen atoms in total. The summed E-state index contributed by atoms with van der Waals surface area (Å²) in [7, 11) is 0. The molecule has 2 rings (SSSR count). The summed E-state index contributed by atoms with van der Waals surface area (Å²) in [6.07, 6.45) is -0.854. The van der Waals surface area contributed by atoms with Gasteiger partial charge in [0.25, 0.3) is 0 Å². The van der Waals surface area contributed by atoms with Crippen molar-refractivity contribution in [1.29, 1.82) is 0 Å². The van der Waals surface area contributed by atoms with Crippen LogP contribution in [-0.2, 0) is 0 Å². The predicted octanol–water partition coefficient (Wildman–Crippen LogP) is 3.79. The van der Waals surface area contributed by atoms with Gasteiger partial charge in [0.05, 0.1) is 12.1 Å². The highest BCUT2D eigenvalue weighted by atomic mass is 35.5. The van der Waals surface area contributed by atoms with Gasteiger partial charge in [-0.2, -0.15) is 0 Å². The number of ketones is 1. The van der Waals surface area contributed by atoms with Gasteiger partial charge >= 0.3 is 6.03 Å². The van der Waals surface area contributed by atoms with Gasteiger partial charge in [-0.25, -0.2) is 4.79 Å². The third-order valence-corrected chi connectivity index (χ3v) is 3.85. The maximum atomic E-state index is 12.0. The summed E-state index contributed by atoms with van der Waals surface area (Å²) in [5.74, 6) is -0.0364. The highest BCUT2D eigenvalue weighted by molar-refractivity contribution is 6.30. The Hall–Kier alpha value is -2.37. The van der Waals surface area contributed by atoms with Crippen LogP contribution in [0.1, 0.15) is 35.9 Å². The van der Waals surface area contributed by atoms with Gasteiger partial charge in [0.15, 0.2) is 5.78 Å². The van der Waals surface area contributed by atoms with Crippen LogP contribution in [0.15, 0.2) is 48.5 Å². The van der Waals surface area contributed by atoms with Crippen molar-refractivity contribution in [2.75, 3.05) is 5.32 Å². The third kappa shape index (κ3) is 4.81. The Balaban J connectivity index is 1.93. The van der Waals surface area contributed by atoms with E-state index in [-0.39, 0.29) is 5.78 Å². The maximum absolute atomic E-state index is 12.0. The Morgan fingerprint density at radius 3 is 2.17 bits per heavy atom. The molecule has 0 spiro atoms. The van der Waals surface area contributed by atoms with Gasteiger partial charge in [-0.1, -0.05) is 23.7 Å². The monoisotopic (exact) mass is 346 g/mol. The highest BCUT2D eigenvalue weighted by Crippen LogP contribution is 2.19. The first-order chi connectivity index (χ1) is 11.4. The number of urea groups is 1. The van der Waals surface area contributed by atoms with E-state index in [0.717, 1.165) is 0 Å². The minimum Gasteiger partial charge on any atom is -0.386 e. The Morgan fingerprint density at radius 1 is 1.04 bits per heavy atom. The first-order valence-corrected chi connectivity index (χ1v) is 7.86. The molecule has 0 aromatic heterocycles. The number of amides is 2. The molecule has 24 heavy (non-hydrogen) atoms. The zero-order chi connectivity index (χ0) is 17.7. The topological polar surface area (TPSA) is 78.4 Å². The number of carbonyl (C=O) groups is 2. The molecule has 2 atom stereocenters. The quantitative estimate of drug-likeness (QED) is 0.721. The van der Waals surface area contributed by atoms with E-state index in [9.17, 15) is 14.7 Å². The van der Waals surface area contributed by atoms with Gasteiger partial charge in [0.1, 0.15) is 0 Å². The largest absolute Gasteiger partial charge is 0.386 e. The van der Waals surface area contributed by atoms with Crippen LogP contribution >= 0.6 is 11.6 Å². The molecule has 0 radical (unpaired) electrons. The van der Waals surface area contributed by atoms with Crippen molar-refractivity contribution in [1.82, 2.24) is 5.32 Å². The van der Waals surface area contributed by atoms with Crippen LogP contribution in [0.4, 0.5) is 10.5 Å². The molecule has 0 bridgehead atoms. The highest BCUT2D eigenvalue weighted by Gasteiger charge is 2.18. The summed E-state index contributed by atoms with van der Waals surface area (Å²) < 4.78 is 0. The molecule has 0 saturated carbocycles. The molecule has 2 aromatic rings. The fraction of sp³-hybridized carbons (Fsp3) is 0.222. The lowest BCUT2D eigenvalue weighted by atomic mass is 10.0. The summed E-state index contributed by atoms with van der Waals surface area (Å²) in [5, 5.41) is 16.2. The van der Waals surface area contributed by atoms with Gasteiger partial charge in [-0.05, 0) is 55.8 Å². The van der Waals surface area contributed by atoms with E-state index < -0.39 is 18.2 Å². The summed E-state index contributed by atoms with van der Waals surface area (Å²) in [4.78, 5) is 23.2. The van der Waals surface area contributed by atoms with Crippen LogP contribution in [0.2, 0.25) is 5.02 Å². The zero-order valence-electron chi connectivity index (χ0n) is 13.4. The number of hydrogen-bond donors (Lipinski definition) is 3. The van der Waals surface area contributed by atoms with E-state index in [0.29, 0.717) is 21.8 Å². The Labute approximate surface area is 145 Å². The van der Waals surface area contributed by atoms with E-state index in [1.165, 1.54) is 6.92 Å². The molecule has 0 aliphatic carbocycles. The van der Waals surface area contributed by atoms with Crippen LogP contribution in [0.25, 0.3) is 0 Å². The molecule has 0 aliphatic rings. The summed E-state index contributed by atoms with van der Waals surface area (Å²) in [5.41, 5.74) is 1.80. The van der Waals surface area contributed by atoms with Crippen molar-refractivity contribution in [3.63, 3.8) is 0 Å². The number of rotatable bonds is 5. The number of nitrogens with one attached hydrogen (secondary N) is 2. The first kappa shape index (κ1) is 18.0. The van der Waals surface area contributed by atoms with Gasteiger partial charge in [-0.3, -0.25) is 4.79 Å². The second kappa shape index (κ2) is 7.95. The predicted molar refractivity (Wildman–Crippen MR) is 94.5 cm³/mol. The normalized spacial score (nSPS) is 13.0. The lowest BCUT2D eigenvalue weighted by molar-refractivity contribution is 0.101. The minimum absolute atomic E-state index is 0.0364. The molecule has 3 N–H and O–H groups in total. The second-order valence-electron chi connectivity index (χ2n) is 5.52. The molecule has 0 heterocycles. The number of carbonyl (C=O) groups excluding carboxylic acids is 2. The SMILES string of the molecule is CC(=O)c1ccc(NC(=O)NC(C)C(O)c2ccc(Cl)cc2)cc1. The maximum Gasteiger partial charge on any atom is 0.319 e. The van der Waals surface area contributed by atoms with E-state index in [1.54, 1.807) is 55.5 Å². The average molecular weight is 347 g/mol.